The highest BCUT2D eigenvalue weighted by Crippen LogP contribution is 2.28. The number of ether oxygens (including phenoxy) is 1. The minimum atomic E-state index is -0.902. The molecule has 3 aromatic carbocycles. The maximum Gasteiger partial charge on any atom is 0.335 e. The molecule has 0 radical (unpaired) electrons. The van der Waals surface area contributed by atoms with Gasteiger partial charge in [-0.1, -0.05) is 66.7 Å². The summed E-state index contributed by atoms with van der Waals surface area (Å²) in [5.41, 5.74) is 4.78. The van der Waals surface area contributed by atoms with Gasteiger partial charge in [0.05, 0.1) is 18.4 Å². The summed E-state index contributed by atoms with van der Waals surface area (Å²) in [6.07, 6.45) is 8.58. The summed E-state index contributed by atoms with van der Waals surface area (Å²) in [6, 6.07) is 26.3. The zero-order chi connectivity index (χ0) is 29.6. The standard InChI is InChI=1S/C35H39N5O3/c1-27(43-34(28-9-4-2-5-10-28)29-11-6-3-7-12-29)39-21-19-37(20-22-39)16-8-17-40-25-31(24-38-18-15-36-26-38)32-14-13-30(35(41)42)23-33(32)40/h2-7,9-15,18,23,25-27,34H,8,16-17,19-22,24H2,1H3,(H,41,42). The van der Waals surface area contributed by atoms with Crippen molar-refractivity contribution in [2.45, 2.75) is 38.8 Å². The molecule has 1 saturated heterocycles. The van der Waals surface area contributed by atoms with Crippen LogP contribution in [0.2, 0.25) is 0 Å². The van der Waals surface area contributed by atoms with Crippen molar-refractivity contribution in [2.24, 2.45) is 0 Å². The van der Waals surface area contributed by atoms with E-state index in [9.17, 15) is 9.90 Å². The molecule has 0 spiro atoms. The van der Waals surface area contributed by atoms with E-state index in [1.807, 2.05) is 35.3 Å². The van der Waals surface area contributed by atoms with Crippen LogP contribution in [0.25, 0.3) is 10.9 Å². The van der Waals surface area contributed by atoms with Gasteiger partial charge in [-0.3, -0.25) is 4.90 Å². The summed E-state index contributed by atoms with van der Waals surface area (Å²) in [7, 11) is 0. The lowest BCUT2D eigenvalue weighted by molar-refractivity contribution is -0.0907. The number of aromatic carboxylic acids is 1. The van der Waals surface area contributed by atoms with Gasteiger partial charge in [-0.2, -0.15) is 0 Å². The number of aromatic nitrogens is 3. The van der Waals surface area contributed by atoms with Crippen LogP contribution in [0.15, 0.2) is 104 Å². The maximum absolute atomic E-state index is 11.7. The van der Waals surface area contributed by atoms with Crippen molar-refractivity contribution in [2.75, 3.05) is 32.7 Å². The van der Waals surface area contributed by atoms with Crippen molar-refractivity contribution in [1.29, 1.82) is 0 Å². The second-order valence-corrected chi connectivity index (χ2v) is 11.3. The van der Waals surface area contributed by atoms with Crippen molar-refractivity contribution in [3.63, 3.8) is 0 Å². The Kier molecular flexibility index (Phi) is 8.98. The van der Waals surface area contributed by atoms with E-state index in [1.165, 1.54) is 11.1 Å². The molecule has 5 aromatic rings. The molecule has 1 fully saturated rings. The van der Waals surface area contributed by atoms with Crippen molar-refractivity contribution < 1.29 is 14.6 Å². The lowest BCUT2D eigenvalue weighted by Crippen LogP contribution is -2.50. The summed E-state index contributed by atoms with van der Waals surface area (Å²) in [6.45, 7) is 8.61. The zero-order valence-corrected chi connectivity index (χ0v) is 24.6. The summed E-state index contributed by atoms with van der Waals surface area (Å²) in [5, 5.41) is 10.7. The first kappa shape index (κ1) is 28.9. The number of hydrogen-bond donors (Lipinski definition) is 1. The fourth-order valence-corrected chi connectivity index (χ4v) is 6.09. The van der Waals surface area contributed by atoms with Gasteiger partial charge in [0.2, 0.25) is 0 Å². The molecule has 0 aliphatic carbocycles. The first-order valence-corrected chi connectivity index (χ1v) is 15.1. The van der Waals surface area contributed by atoms with Gasteiger partial charge in [0.25, 0.3) is 0 Å². The Labute approximate surface area is 252 Å². The Morgan fingerprint density at radius 2 is 1.63 bits per heavy atom. The quantitative estimate of drug-likeness (QED) is 0.204. The predicted octanol–water partition coefficient (Wildman–Crippen LogP) is 5.74. The van der Waals surface area contributed by atoms with Crippen molar-refractivity contribution >= 4 is 16.9 Å². The van der Waals surface area contributed by atoms with Crippen LogP contribution in [0.3, 0.4) is 0 Å². The van der Waals surface area contributed by atoms with Gasteiger partial charge in [-0.25, -0.2) is 9.78 Å². The van der Waals surface area contributed by atoms with E-state index in [0.717, 1.165) is 62.2 Å². The SMILES string of the molecule is CC(OC(c1ccccc1)c1ccccc1)N1CCN(CCCn2cc(Cn3ccnc3)c3ccc(C(=O)O)cc32)CC1. The molecule has 1 N–H and O–H groups in total. The Hall–Kier alpha value is -4.24. The zero-order valence-electron chi connectivity index (χ0n) is 24.6. The van der Waals surface area contributed by atoms with Gasteiger partial charge in [0.1, 0.15) is 12.3 Å². The second-order valence-electron chi connectivity index (χ2n) is 11.3. The topological polar surface area (TPSA) is 75.8 Å². The third kappa shape index (κ3) is 6.88. The molecule has 0 bridgehead atoms. The molecule has 2 aromatic heterocycles. The van der Waals surface area contributed by atoms with Gasteiger partial charge in [0, 0.05) is 62.2 Å². The highest BCUT2D eigenvalue weighted by atomic mass is 16.5. The summed E-state index contributed by atoms with van der Waals surface area (Å²) in [5.74, 6) is -0.902. The molecule has 6 rings (SSSR count). The smallest absolute Gasteiger partial charge is 0.335 e. The molecule has 0 saturated carbocycles. The lowest BCUT2D eigenvalue weighted by Gasteiger charge is -2.39. The molecule has 222 valence electrons. The van der Waals surface area contributed by atoms with Crippen LogP contribution in [0.5, 0.6) is 0 Å². The molecule has 8 heteroatoms. The third-order valence-corrected chi connectivity index (χ3v) is 8.46. The minimum Gasteiger partial charge on any atom is -0.478 e. The number of carboxylic acid groups (broad SMARTS) is 1. The first-order chi connectivity index (χ1) is 21.0. The number of carboxylic acids is 1. The number of fused-ring (bicyclic) bond motifs is 1. The summed E-state index contributed by atoms with van der Waals surface area (Å²) < 4.78 is 11.0. The van der Waals surface area contributed by atoms with Crippen LogP contribution < -0.4 is 0 Å². The van der Waals surface area contributed by atoms with E-state index < -0.39 is 5.97 Å². The van der Waals surface area contributed by atoms with Gasteiger partial charge in [-0.05, 0) is 48.7 Å². The summed E-state index contributed by atoms with van der Waals surface area (Å²) in [4.78, 5) is 20.8. The van der Waals surface area contributed by atoms with Gasteiger partial charge >= 0.3 is 5.97 Å². The van der Waals surface area contributed by atoms with E-state index in [2.05, 4.69) is 81.0 Å². The average molecular weight is 578 g/mol. The molecule has 1 unspecified atom stereocenters. The molecule has 1 aliphatic rings. The van der Waals surface area contributed by atoms with Crippen LogP contribution in [-0.2, 0) is 17.8 Å². The highest BCUT2D eigenvalue weighted by molar-refractivity contribution is 5.94. The monoisotopic (exact) mass is 577 g/mol. The lowest BCUT2D eigenvalue weighted by atomic mass is 10.0. The molecule has 1 aliphatic heterocycles. The van der Waals surface area contributed by atoms with Crippen molar-refractivity contribution in [3.8, 4) is 0 Å². The van der Waals surface area contributed by atoms with Gasteiger partial charge < -0.3 is 23.9 Å². The normalized spacial score (nSPS) is 15.3. The Bertz CT molecular complexity index is 1570. The number of nitrogens with zero attached hydrogens (tertiary/aromatic N) is 5. The Morgan fingerprint density at radius 3 is 2.26 bits per heavy atom. The number of piperazine rings is 1. The predicted molar refractivity (Wildman–Crippen MR) is 168 cm³/mol. The minimum absolute atomic E-state index is 0.00356. The number of benzene rings is 3. The fourth-order valence-electron chi connectivity index (χ4n) is 6.09. The van der Waals surface area contributed by atoms with Crippen LogP contribution in [0.1, 0.15) is 46.5 Å². The number of carbonyl (C=O) groups is 1. The highest BCUT2D eigenvalue weighted by Gasteiger charge is 2.25. The Morgan fingerprint density at radius 1 is 0.930 bits per heavy atom. The van der Waals surface area contributed by atoms with Crippen molar-refractivity contribution in [3.05, 3.63) is 126 Å². The third-order valence-electron chi connectivity index (χ3n) is 8.46. The first-order valence-electron chi connectivity index (χ1n) is 15.1. The molecule has 0 amide bonds. The van der Waals surface area contributed by atoms with E-state index >= 15 is 0 Å². The Balaban J connectivity index is 1.05. The van der Waals surface area contributed by atoms with Gasteiger partial charge in [0.15, 0.2) is 0 Å². The molecule has 3 heterocycles. The van der Waals surface area contributed by atoms with E-state index in [4.69, 9.17) is 4.74 Å². The van der Waals surface area contributed by atoms with Gasteiger partial charge in [-0.15, -0.1) is 0 Å². The number of imidazole rings is 1. The molecule has 43 heavy (non-hydrogen) atoms. The number of rotatable bonds is 12. The maximum atomic E-state index is 11.7. The molecular formula is C35H39N5O3. The molecule has 8 nitrogen and oxygen atoms in total. The summed E-state index contributed by atoms with van der Waals surface area (Å²) >= 11 is 0. The van der Waals surface area contributed by atoms with E-state index in [1.54, 1.807) is 18.3 Å². The second kappa shape index (κ2) is 13.4. The van der Waals surface area contributed by atoms with E-state index in [-0.39, 0.29) is 12.3 Å². The molecular weight excluding hydrogens is 538 g/mol. The fraction of sp³-hybridized carbons (Fsp3) is 0.314. The average Bonchev–Trinajstić information content (AvgIpc) is 3.69. The van der Waals surface area contributed by atoms with Crippen LogP contribution >= 0.6 is 0 Å². The molecule has 1 atom stereocenters. The van der Waals surface area contributed by atoms with Crippen LogP contribution in [-0.4, -0.2) is 73.9 Å². The number of aryl methyl sites for hydroxylation is 1. The van der Waals surface area contributed by atoms with Crippen LogP contribution in [0, 0.1) is 0 Å². The van der Waals surface area contributed by atoms with Crippen molar-refractivity contribution in [1.82, 2.24) is 23.9 Å². The largest absolute Gasteiger partial charge is 0.478 e. The number of hydrogen-bond acceptors (Lipinski definition) is 5. The van der Waals surface area contributed by atoms with Crippen LogP contribution in [0.4, 0.5) is 0 Å². The van der Waals surface area contributed by atoms with E-state index in [0.29, 0.717) is 12.1 Å².